The molecule has 1 aromatic heterocycles. The van der Waals surface area contributed by atoms with Crippen LogP contribution in [-0.2, 0) is 19.5 Å². The van der Waals surface area contributed by atoms with Crippen molar-refractivity contribution in [3.8, 4) is 5.69 Å². The molecule has 0 atom stereocenters. The first-order chi connectivity index (χ1) is 14.7. The van der Waals surface area contributed by atoms with Gasteiger partial charge in [0.1, 0.15) is 0 Å². The summed E-state index contributed by atoms with van der Waals surface area (Å²) in [7, 11) is 0. The van der Waals surface area contributed by atoms with E-state index in [0.29, 0.717) is 12.2 Å². The highest BCUT2D eigenvalue weighted by molar-refractivity contribution is 5.93. The zero-order chi connectivity index (χ0) is 20.5. The number of rotatable bonds is 6. The maximum Gasteiger partial charge on any atom is 0.274 e. The van der Waals surface area contributed by atoms with Gasteiger partial charge in [-0.2, -0.15) is 0 Å². The molecule has 154 valence electrons. The Bertz CT molecular complexity index is 1050. The van der Waals surface area contributed by atoms with Gasteiger partial charge >= 0.3 is 0 Å². The molecule has 0 unspecified atom stereocenters. The molecule has 1 N–H and O–H groups in total. The Morgan fingerprint density at radius 1 is 1.13 bits per heavy atom. The van der Waals surface area contributed by atoms with Gasteiger partial charge in [0.2, 0.25) is 0 Å². The van der Waals surface area contributed by atoms with Crippen LogP contribution in [0.25, 0.3) is 5.69 Å². The van der Waals surface area contributed by atoms with E-state index in [4.69, 9.17) is 0 Å². The van der Waals surface area contributed by atoms with Crippen molar-refractivity contribution in [3.63, 3.8) is 0 Å². The fourth-order valence-corrected chi connectivity index (χ4v) is 4.30. The minimum atomic E-state index is -0.192. The number of hydrogen-bond acceptors (Lipinski definition) is 4. The standard InChI is InChI=1S/C24H27N5O/c1-17-23(24(30)25-14-18-6-3-2-4-7-18)26-27-29(17)22-9-5-8-20-16-28(13-12-21(20)22)15-19-10-11-19/h2-9,19H,10-16H2,1H3,(H,25,30). The van der Waals surface area contributed by atoms with Gasteiger partial charge in [0, 0.05) is 26.2 Å². The van der Waals surface area contributed by atoms with Crippen LogP contribution in [0.4, 0.5) is 0 Å². The molecule has 2 heterocycles. The van der Waals surface area contributed by atoms with Crippen molar-refractivity contribution in [1.82, 2.24) is 25.2 Å². The van der Waals surface area contributed by atoms with Gasteiger partial charge in [0.15, 0.2) is 5.69 Å². The Morgan fingerprint density at radius 2 is 1.97 bits per heavy atom. The molecule has 0 spiro atoms. The normalized spacial score (nSPS) is 16.3. The van der Waals surface area contributed by atoms with E-state index in [1.54, 1.807) is 0 Å². The molecule has 1 aliphatic heterocycles. The average Bonchev–Trinajstić information content (AvgIpc) is 3.51. The molecule has 5 rings (SSSR count). The van der Waals surface area contributed by atoms with Gasteiger partial charge in [-0.1, -0.05) is 47.7 Å². The maximum absolute atomic E-state index is 12.7. The second-order valence-electron chi connectivity index (χ2n) is 8.45. The van der Waals surface area contributed by atoms with E-state index in [0.717, 1.165) is 42.4 Å². The minimum Gasteiger partial charge on any atom is -0.347 e. The number of carbonyl (C=O) groups is 1. The zero-order valence-corrected chi connectivity index (χ0v) is 17.3. The number of nitrogens with zero attached hydrogens (tertiary/aromatic N) is 4. The van der Waals surface area contributed by atoms with Crippen molar-refractivity contribution >= 4 is 5.91 Å². The van der Waals surface area contributed by atoms with Crippen LogP contribution in [-0.4, -0.2) is 38.9 Å². The second-order valence-corrected chi connectivity index (χ2v) is 8.45. The average molecular weight is 402 g/mol. The Balaban J connectivity index is 1.34. The molecule has 0 radical (unpaired) electrons. The van der Waals surface area contributed by atoms with Gasteiger partial charge in [-0.05, 0) is 54.9 Å². The van der Waals surface area contributed by atoms with Crippen molar-refractivity contribution in [3.05, 3.63) is 76.6 Å². The van der Waals surface area contributed by atoms with Gasteiger partial charge < -0.3 is 5.32 Å². The van der Waals surface area contributed by atoms with Crippen LogP contribution in [0, 0.1) is 12.8 Å². The largest absolute Gasteiger partial charge is 0.347 e. The van der Waals surface area contributed by atoms with E-state index in [2.05, 4.69) is 38.7 Å². The number of hydrogen-bond donors (Lipinski definition) is 1. The summed E-state index contributed by atoms with van der Waals surface area (Å²) in [5.74, 6) is 0.715. The first-order valence-electron chi connectivity index (χ1n) is 10.8. The van der Waals surface area contributed by atoms with Crippen molar-refractivity contribution in [2.75, 3.05) is 13.1 Å². The van der Waals surface area contributed by atoms with Crippen LogP contribution in [0.3, 0.4) is 0 Å². The Hall–Kier alpha value is -2.99. The summed E-state index contributed by atoms with van der Waals surface area (Å²) in [6.45, 7) is 5.69. The van der Waals surface area contributed by atoms with E-state index < -0.39 is 0 Å². The molecule has 2 aromatic carbocycles. The number of aromatic nitrogens is 3. The molecular formula is C24H27N5O. The number of fused-ring (bicyclic) bond motifs is 1. The van der Waals surface area contributed by atoms with Gasteiger partial charge in [0.05, 0.1) is 11.4 Å². The summed E-state index contributed by atoms with van der Waals surface area (Å²) >= 11 is 0. The lowest BCUT2D eigenvalue weighted by atomic mass is 9.97. The number of benzene rings is 2. The molecule has 1 amide bonds. The number of amides is 1. The predicted molar refractivity (Wildman–Crippen MR) is 115 cm³/mol. The fourth-order valence-electron chi connectivity index (χ4n) is 4.30. The molecule has 1 aliphatic carbocycles. The number of carbonyl (C=O) groups excluding carboxylic acids is 1. The number of nitrogens with one attached hydrogen (secondary N) is 1. The smallest absolute Gasteiger partial charge is 0.274 e. The van der Waals surface area contributed by atoms with E-state index in [1.807, 2.05) is 41.9 Å². The molecule has 0 saturated heterocycles. The van der Waals surface area contributed by atoms with Crippen LogP contribution < -0.4 is 5.32 Å². The van der Waals surface area contributed by atoms with Crippen molar-refractivity contribution in [2.45, 2.75) is 39.3 Å². The third-order valence-corrected chi connectivity index (χ3v) is 6.17. The van der Waals surface area contributed by atoms with Crippen LogP contribution in [0.5, 0.6) is 0 Å². The first kappa shape index (κ1) is 19.0. The Labute approximate surface area is 176 Å². The predicted octanol–water partition coefficient (Wildman–Crippen LogP) is 3.27. The van der Waals surface area contributed by atoms with Crippen LogP contribution in [0.2, 0.25) is 0 Å². The lowest BCUT2D eigenvalue weighted by molar-refractivity contribution is 0.0945. The molecular weight excluding hydrogens is 374 g/mol. The molecule has 0 bridgehead atoms. The molecule has 2 aliphatic rings. The minimum absolute atomic E-state index is 0.192. The maximum atomic E-state index is 12.7. The van der Waals surface area contributed by atoms with Crippen molar-refractivity contribution in [2.24, 2.45) is 5.92 Å². The van der Waals surface area contributed by atoms with Crippen LogP contribution in [0.15, 0.2) is 48.5 Å². The van der Waals surface area contributed by atoms with Crippen LogP contribution >= 0.6 is 0 Å². The topological polar surface area (TPSA) is 63.1 Å². The van der Waals surface area contributed by atoms with Crippen LogP contribution in [0.1, 0.15) is 45.7 Å². The highest BCUT2D eigenvalue weighted by atomic mass is 16.2. The molecule has 3 aromatic rings. The van der Waals surface area contributed by atoms with Gasteiger partial charge in [-0.25, -0.2) is 4.68 Å². The van der Waals surface area contributed by atoms with Gasteiger partial charge in [-0.15, -0.1) is 5.10 Å². The highest BCUT2D eigenvalue weighted by Crippen LogP contribution is 2.32. The quantitative estimate of drug-likeness (QED) is 0.689. The summed E-state index contributed by atoms with van der Waals surface area (Å²) in [5, 5.41) is 11.5. The first-order valence-corrected chi connectivity index (χ1v) is 10.8. The summed E-state index contributed by atoms with van der Waals surface area (Å²) in [4.78, 5) is 15.3. The summed E-state index contributed by atoms with van der Waals surface area (Å²) in [5.41, 5.74) is 5.96. The van der Waals surface area contributed by atoms with Crippen molar-refractivity contribution in [1.29, 1.82) is 0 Å². The Morgan fingerprint density at radius 3 is 2.77 bits per heavy atom. The van der Waals surface area contributed by atoms with Gasteiger partial charge in [0.25, 0.3) is 5.91 Å². The molecule has 6 nitrogen and oxygen atoms in total. The molecule has 1 saturated carbocycles. The summed E-state index contributed by atoms with van der Waals surface area (Å²) < 4.78 is 1.83. The lowest BCUT2D eigenvalue weighted by Gasteiger charge is -2.30. The molecule has 1 fully saturated rings. The summed E-state index contributed by atoms with van der Waals surface area (Å²) in [6.07, 6.45) is 3.78. The monoisotopic (exact) mass is 401 g/mol. The molecule has 6 heteroatoms. The van der Waals surface area contributed by atoms with Crippen molar-refractivity contribution < 1.29 is 4.79 Å². The third kappa shape index (κ3) is 3.87. The van der Waals surface area contributed by atoms with E-state index in [9.17, 15) is 4.79 Å². The second kappa shape index (κ2) is 8.03. The van der Waals surface area contributed by atoms with E-state index in [-0.39, 0.29) is 5.91 Å². The lowest BCUT2D eigenvalue weighted by Crippen LogP contribution is -2.32. The van der Waals surface area contributed by atoms with E-state index in [1.165, 1.54) is 30.5 Å². The van der Waals surface area contributed by atoms with E-state index >= 15 is 0 Å². The van der Waals surface area contributed by atoms with Gasteiger partial charge in [-0.3, -0.25) is 9.69 Å². The molecule has 30 heavy (non-hydrogen) atoms. The Kier molecular flexibility index (Phi) is 5.09. The highest BCUT2D eigenvalue weighted by Gasteiger charge is 2.28. The fraction of sp³-hybridized carbons (Fsp3) is 0.375. The zero-order valence-electron chi connectivity index (χ0n) is 17.3. The summed E-state index contributed by atoms with van der Waals surface area (Å²) in [6, 6.07) is 16.3. The SMILES string of the molecule is Cc1c(C(=O)NCc2ccccc2)nnn1-c1cccc2c1CCN(CC1CC1)C2. The third-order valence-electron chi connectivity index (χ3n) is 6.17.